The Morgan fingerprint density at radius 1 is 0.864 bits per heavy atom. The lowest BCUT2D eigenvalue weighted by atomic mass is 9.95. The summed E-state index contributed by atoms with van der Waals surface area (Å²) < 4.78 is 0. The summed E-state index contributed by atoms with van der Waals surface area (Å²) in [5.74, 6) is 0. The van der Waals surface area contributed by atoms with E-state index in [1.165, 1.54) is 38.5 Å². The van der Waals surface area contributed by atoms with Crippen LogP contribution in [0.15, 0.2) is 30.3 Å². The van der Waals surface area contributed by atoms with Gasteiger partial charge in [0.25, 0.3) is 0 Å². The fourth-order valence-corrected chi connectivity index (χ4v) is 2.99. The van der Waals surface area contributed by atoms with E-state index in [-0.39, 0.29) is 12.1 Å². The van der Waals surface area contributed by atoms with Crippen molar-refractivity contribution in [1.82, 2.24) is 4.90 Å². The minimum atomic E-state index is -0.374. The van der Waals surface area contributed by atoms with Crippen molar-refractivity contribution in [3.63, 3.8) is 0 Å². The smallest absolute Gasteiger partial charge is 0.0945 e. The summed E-state index contributed by atoms with van der Waals surface area (Å²) in [5, 5.41) is 10.9. The van der Waals surface area contributed by atoms with Crippen molar-refractivity contribution in [3.05, 3.63) is 35.9 Å². The van der Waals surface area contributed by atoms with Crippen LogP contribution in [0.4, 0.5) is 0 Å². The minimum Gasteiger partial charge on any atom is -0.387 e. The van der Waals surface area contributed by atoms with Gasteiger partial charge in [0.05, 0.1) is 6.10 Å². The summed E-state index contributed by atoms with van der Waals surface area (Å²) in [6, 6.07) is 10.4. The molecule has 22 heavy (non-hydrogen) atoms. The first-order chi connectivity index (χ1) is 10.7. The Kier molecular flexibility index (Phi) is 10.2. The monoisotopic (exact) mass is 305 g/mol. The summed E-state index contributed by atoms with van der Waals surface area (Å²) in [7, 11) is 0. The molecule has 0 amide bonds. The van der Waals surface area contributed by atoms with Crippen molar-refractivity contribution in [2.45, 2.75) is 77.9 Å². The van der Waals surface area contributed by atoms with Crippen LogP contribution in [-0.4, -0.2) is 29.1 Å². The highest BCUT2D eigenvalue weighted by atomic mass is 16.3. The number of aliphatic hydroxyl groups is 1. The Hall–Kier alpha value is -0.860. The summed E-state index contributed by atoms with van der Waals surface area (Å²) >= 11 is 0. The van der Waals surface area contributed by atoms with Gasteiger partial charge in [-0.1, -0.05) is 76.8 Å². The first-order valence-electron chi connectivity index (χ1n) is 9.21. The summed E-state index contributed by atoms with van der Waals surface area (Å²) in [4.78, 5) is 2.54. The SMILES string of the molecule is CCCC[C@@H]([C@H](O)c1ccccc1)N(CCCC)CCCC. The zero-order valence-corrected chi connectivity index (χ0v) is 14.8. The molecule has 0 aliphatic rings. The maximum absolute atomic E-state index is 10.9. The van der Waals surface area contributed by atoms with Crippen LogP contribution in [0.2, 0.25) is 0 Å². The predicted molar refractivity (Wildman–Crippen MR) is 96.1 cm³/mol. The number of benzene rings is 1. The number of hydrogen-bond acceptors (Lipinski definition) is 2. The molecule has 2 atom stereocenters. The molecule has 0 saturated carbocycles. The number of aliphatic hydroxyl groups excluding tert-OH is 1. The Morgan fingerprint density at radius 2 is 1.41 bits per heavy atom. The van der Waals surface area contributed by atoms with Gasteiger partial charge in [-0.2, -0.15) is 0 Å². The van der Waals surface area contributed by atoms with Crippen molar-refractivity contribution in [1.29, 1.82) is 0 Å². The van der Waals surface area contributed by atoms with Crippen molar-refractivity contribution in [3.8, 4) is 0 Å². The molecule has 0 fully saturated rings. The van der Waals surface area contributed by atoms with Gasteiger partial charge in [0.15, 0.2) is 0 Å². The molecule has 0 bridgehead atoms. The Bertz CT molecular complexity index is 357. The van der Waals surface area contributed by atoms with E-state index in [0.717, 1.165) is 25.1 Å². The molecule has 1 aromatic carbocycles. The van der Waals surface area contributed by atoms with Gasteiger partial charge in [-0.05, 0) is 37.9 Å². The lowest BCUT2D eigenvalue weighted by molar-refractivity contribution is 0.0399. The van der Waals surface area contributed by atoms with Crippen LogP contribution in [0.1, 0.15) is 77.4 Å². The maximum Gasteiger partial charge on any atom is 0.0945 e. The van der Waals surface area contributed by atoms with Gasteiger partial charge in [0.1, 0.15) is 0 Å². The predicted octanol–water partition coefficient (Wildman–Crippen LogP) is 5.18. The number of rotatable bonds is 12. The summed E-state index contributed by atoms with van der Waals surface area (Å²) in [6.45, 7) is 8.93. The average molecular weight is 306 g/mol. The third-order valence-electron chi connectivity index (χ3n) is 4.43. The first kappa shape index (κ1) is 19.2. The highest BCUT2D eigenvalue weighted by molar-refractivity contribution is 5.19. The number of nitrogens with zero attached hydrogens (tertiary/aromatic N) is 1. The normalized spacial score (nSPS) is 14.2. The number of hydrogen-bond donors (Lipinski definition) is 1. The Balaban J connectivity index is 2.85. The van der Waals surface area contributed by atoms with Crippen LogP contribution in [-0.2, 0) is 0 Å². The summed E-state index contributed by atoms with van der Waals surface area (Å²) in [5.41, 5.74) is 1.06. The van der Waals surface area contributed by atoms with Crippen molar-refractivity contribution in [2.24, 2.45) is 0 Å². The molecule has 1 rings (SSSR count). The van der Waals surface area contributed by atoms with Gasteiger partial charge in [-0.3, -0.25) is 4.90 Å². The van der Waals surface area contributed by atoms with E-state index in [1.807, 2.05) is 18.2 Å². The highest BCUT2D eigenvalue weighted by Crippen LogP contribution is 2.26. The number of unbranched alkanes of at least 4 members (excludes halogenated alkanes) is 3. The van der Waals surface area contributed by atoms with Crippen LogP contribution < -0.4 is 0 Å². The van der Waals surface area contributed by atoms with Gasteiger partial charge in [-0.15, -0.1) is 0 Å². The lowest BCUT2D eigenvalue weighted by Crippen LogP contribution is -2.41. The van der Waals surface area contributed by atoms with E-state index >= 15 is 0 Å². The molecule has 0 aliphatic carbocycles. The van der Waals surface area contributed by atoms with Gasteiger partial charge >= 0.3 is 0 Å². The maximum atomic E-state index is 10.9. The van der Waals surface area contributed by atoms with Crippen LogP contribution in [0.3, 0.4) is 0 Å². The van der Waals surface area contributed by atoms with Crippen LogP contribution >= 0.6 is 0 Å². The molecule has 1 aromatic rings. The molecule has 0 unspecified atom stereocenters. The third-order valence-corrected chi connectivity index (χ3v) is 4.43. The van der Waals surface area contributed by atoms with E-state index in [2.05, 4.69) is 37.8 Å². The summed E-state index contributed by atoms with van der Waals surface area (Å²) in [6.07, 6.45) is 7.94. The molecule has 1 N–H and O–H groups in total. The molecule has 0 saturated heterocycles. The highest BCUT2D eigenvalue weighted by Gasteiger charge is 2.26. The van der Waals surface area contributed by atoms with E-state index in [0.29, 0.717) is 0 Å². The fourth-order valence-electron chi connectivity index (χ4n) is 2.99. The zero-order chi connectivity index (χ0) is 16.2. The molecule has 0 aromatic heterocycles. The molecule has 2 heteroatoms. The minimum absolute atomic E-state index is 0.250. The Morgan fingerprint density at radius 3 is 1.91 bits per heavy atom. The van der Waals surface area contributed by atoms with Gasteiger partial charge in [0.2, 0.25) is 0 Å². The second kappa shape index (κ2) is 11.7. The molecule has 0 spiro atoms. The van der Waals surface area contributed by atoms with Crippen LogP contribution in [0, 0.1) is 0 Å². The average Bonchev–Trinajstić information content (AvgIpc) is 2.57. The first-order valence-corrected chi connectivity index (χ1v) is 9.21. The Labute approximate surface area is 137 Å². The standard InChI is InChI=1S/C20H35NO/c1-4-7-15-19(20(22)18-13-11-10-12-14-18)21(16-8-5-2)17-9-6-3/h10-14,19-20,22H,4-9,15-17H2,1-3H3/t19-,20+/m0/s1. The third kappa shape index (κ3) is 6.50. The lowest BCUT2D eigenvalue weighted by Gasteiger charge is -2.35. The largest absolute Gasteiger partial charge is 0.387 e. The second-order valence-corrected chi connectivity index (χ2v) is 6.31. The van der Waals surface area contributed by atoms with E-state index in [4.69, 9.17) is 0 Å². The molecular weight excluding hydrogens is 270 g/mol. The topological polar surface area (TPSA) is 23.5 Å². The van der Waals surface area contributed by atoms with Crippen LogP contribution in [0.5, 0.6) is 0 Å². The molecule has 0 heterocycles. The van der Waals surface area contributed by atoms with Crippen molar-refractivity contribution in [2.75, 3.05) is 13.1 Å². The van der Waals surface area contributed by atoms with Gasteiger partial charge < -0.3 is 5.11 Å². The molecular formula is C20H35NO. The molecule has 0 radical (unpaired) electrons. The van der Waals surface area contributed by atoms with Crippen LogP contribution in [0.25, 0.3) is 0 Å². The van der Waals surface area contributed by atoms with Gasteiger partial charge in [0, 0.05) is 6.04 Å². The second-order valence-electron chi connectivity index (χ2n) is 6.31. The quantitative estimate of drug-likeness (QED) is 0.575. The molecule has 0 aliphatic heterocycles. The van der Waals surface area contributed by atoms with Crippen molar-refractivity contribution >= 4 is 0 Å². The van der Waals surface area contributed by atoms with E-state index < -0.39 is 0 Å². The fraction of sp³-hybridized carbons (Fsp3) is 0.700. The van der Waals surface area contributed by atoms with E-state index in [9.17, 15) is 5.11 Å². The van der Waals surface area contributed by atoms with Gasteiger partial charge in [-0.25, -0.2) is 0 Å². The zero-order valence-electron chi connectivity index (χ0n) is 14.8. The van der Waals surface area contributed by atoms with E-state index in [1.54, 1.807) is 0 Å². The molecule has 2 nitrogen and oxygen atoms in total. The molecule has 126 valence electrons. The van der Waals surface area contributed by atoms with Crippen molar-refractivity contribution < 1.29 is 5.11 Å².